The van der Waals surface area contributed by atoms with Crippen LogP contribution in [-0.4, -0.2) is 43.5 Å². The molecular weight excluding hydrogens is 298 g/mol. The number of halogens is 1. The molecule has 5 heteroatoms. The van der Waals surface area contributed by atoms with Crippen LogP contribution in [0.3, 0.4) is 0 Å². The van der Waals surface area contributed by atoms with Crippen molar-refractivity contribution in [2.75, 3.05) is 32.0 Å². The first-order valence-corrected chi connectivity index (χ1v) is 7.77. The third kappa shape index (κ3) is 4.97. The van der Waals surface area contributed by atoms with Gasteiger partial charge in [0.05, 0.1) is 6.54 Å². The van der Waals surface area contributed by atoms with Crippen LogP contribution in [0.15, 0.2) is 12.1 Å². The van der Waals surface area contributed by atoms with E-state index in [4.69, 9.17) is 0 Å². The number of carbonyl (C=O) groups excluding carboxylic acids is 1. The highest BCUT2D eigenvalue weighted by atomic mass is 35.5. The van der Waals surface area contributed by atoms with Gasteiger partial charge < -0.3 is 10.6 Å². The van der Waals surface area contributed by atoms with Gasteiger partial charge in [0.2, 0.25) is 5.91 Å². The first-order valence-electron chi connectivity index (χ1n) is 7.77. The van der Waals surface area contributed by atoms with Crippen LogP contribution < -0.4 is 10.6 Å². The molecule has 1 unspecified atom stereocenters. The summed E-state index contributed by atoms with van der Waals surface area (Å²) in [6.45, 7) is 8.62. The molecule has 0 radical (unpaired) electrons. The Labute approximate surface area is 140 Å². The van der Waals surface area contributed by atoms with Crippen LogP contribution in [-0.2, 0) is 4.79 Å². The van der Waals surface area contributed by atoms with Crippen LogP contribution >= 0.6 is 12.4 Å². The Morgan fingerprint density at radius 1 is 1.27 bits per heavy atom. The first-order chi connectivity index (χ1) is 9.99. The van der Waals surface area contributed by atoms with Gasteiger partial charge >= 0.3 is 0 Å². The molecule has 0 saturated carbocycles. The summed E-state index contributed by atoms with van der Waals surface area (Å²) in [6.07, 6.45) is 2.35. The number of amides is 1. The fourth-order valence-electron chi connectivity index (χ4n) is 3.19. The van der Waals surface area contributed by atoms with Crippen LogP contribution in [0.25, 0.3) is 0 Å². The monoisotopic (exact) mass is 325 g/mol. The lowest BCUT2D eigenvalue weighted by atomic mass is 10.0. The highest BCUT2D eigenvalue weighted by Gasteiger charge is 2.20. The maximum Gasteiger partial charge on any atom is 0.238 e. The number of carbonyl (C=O) groups is 1. The topological polar surface area (TPSA) is 44.4 Å². The van der Waals surface area contributed by atoms with Gasteiger partial charge in [-0.05, 0) is 58.3 Å². The molecule has 124 valence electrons. The number of hydrogen-bond donors (Lipinski definition) is 2. The Hall–Kier alpha value is -1.10. The van der Waals surface area contributed by atoms with Crippen molar-refractivity contribution < 1.29 is 4.79 Å². The maximum atomic E-state index is 12.3. The highest BCUT2D eigenvalue weighted by Crippen LogP contribution is 2.22. The summed E-state index contributed by atoms with van der Waals surface area (Å²) in [4.78, 5) is 14.5. The van der Waals surface area contributed by atoms with Crippen LogP contribution in [0.1, 0.15) is 29.5 Å². The minimum absolute atomic E-state index is 0. The SMILES string of the molecule is CNC1CCCN(CC(=O)Nc2c(C)cc(C)cc2C)C1.Cl. The zero-order chi connectivity index (χ0) is 15.4. The van der Waals surface area contributed by atoms with Crippen molar-refractivity contribution in [3.8, 4) is 0 Å². The molecule has 0 aromatic heterocycles. The average molecular weight is 326 g/mol. The van der Waals surface area contributed by atoms with Gasteiger partial charge in [-0.3, -0.25) is 9.69 Å². The Morgan fingerprint density at radius 3 is 2.50 bits per heavy atom. The predicted octanol–water partition coefficient (Wildman–Crippen LogP) is 2.66. The Kier molecular flexibility index (Phi) is 7.33. The van der Waals surface area contributed by atoms with Gasteiger partial charge in [0, 0.05) is 18.3 Å². The number of aryl methyl sites for hydroxylation is 3. The Bertz CT molecular complexity index is 496. The minimum Gasteiger partial charge on any atom is -0.324 e. The van der Waals surface area contributed by atoms with Crippen molar-refractivity contribution in [1.82, 2.24) is 10.2 Å². The molecule has 1 amide bonds. The lowest BCUT2D eigenvalue weighted by molar-refractivity contribution is -0.117. The van der Waals surface area contributed by atoms with E-state index in [0.29, 0.717) is 12.6 Å². The molecule has 1 aromatic carbocycles. The molecule has 1 aromatic rings. The van der Waals surface area contributed by atoms with E-state index in [2.05, 4.69) is 34.6 Å². The molecule has 1 saturated heterocycles. The van der Waals surface area contributed by atoms with Gasteiger partial charge in [-0.25, -0.2) is 0 Å². The number of anilines is 1. The van der Waals surface area contributed by atoms with Gasteiger partial charge in [0.1, 0.15) is 0 Å². The molecule has 0 spiro atoms. The Morgan fingerprint density at radius 2 is 1.91 bits per heavy atom. The molecule has 1 fully saturated rings. The van der Waals surface area contributed by atoms with Crippen LogP contribution in [0.4, 0.5) is 5.69 Å². The lowest BCUT2D eigenvalue weighted by Crippen LogP contribution is -2.46. The molecule has 1 atom stereocenters. The largest absolute Gasteiger partial charge is 0.324 e. The second-order valence-electron chi connectivity index (χ2n) is 6.18. The van der Waals surface area contributed by atoms with E-state index in [0.717, 1.165) is 36.3 Å². The number of likely N-dealkylation sites (N-methyl/N-ethyl adjacent to an activating group) is 1. The van der Waals surface area contributed by atoms with Gasteiger partial charge in [-0.2, -0.15) is 0 Å². The molecule has 4 nitrogen and oxygen atoms in total. The molecule has 1 aliphatic heterocycles. The number of likely N-dealkylation sites (tertiary alicyclic amines) is 1. The lowest BCUT2D eigenvalue weighted by Gasteiger charge is -2.32. The van der Waals surface area contributed by atoms with E-state index in [9.17, 15) is 4.79 Å². The van der Waals surface area contributed by atoms with E-state index in [1.54, 1.807) is 0 Å². The average Bonchev–Trinajstić information content (AvgIpc) is 2.43. The highest BCUT2D eigenvalue weighted by molar-refractivity contribution is 5.93. The summed E-state index contributed by atoms with van der Waals surface area (Å²) in [5, 5.41) is 6.39. The van der Waals surface area contributed by atoms with E-state index < -0.39 is 0 Å². The van der Waals surface area contributed by atoms with Gasteiger partial charge in [0.25, 0.3) is 0 Å². The van der Waals surface area contributed by atoms with Crippen molar-refractivity contribution in [3.05, 3.63) is 28.8 Å². The molecule has 1 heterocycles. The second kappa shape index (κ2) is 8.51. The third-order valence-electron chi connectivity index (χ3n) is 4.22. The quantitative estimate of drug-likeness (QED) is 0.894. The summed E-state index contributed by atoms with van der Waals surface area (Å²) >= 11 is 0. The smallest absolute Gasteiger partial charge is 0.238 e. The number of nitrogens with one attached hydrogen (secondary N) is 2. The molecule has 0 bridgehead atoms. The van der Waals surface area contributed by atoms with Crippen LogP contribution in [0.5, 0.6) is 0 Å². The maximum absolute atomic E-state index is 12.3. The number of rotatable bonds is 4. The summed E-state index contributed by atoms with van der Waals surface area (Å²) in [6, 6.07) is 4.73. The van der Waals surface area contributed by atoms with E-state index in [1.807, 2.05) is 20.9 Å². The van der Waals surface area contributed by atoms with Crippen molar-refractivity contribution in [2.24, 2.45) is 0 Å². The Balaban J connectivity index is 0.00000242. The zero-order valence-corrected chi connectivity index (χ0v) is 14.8. The number of hydrogen-bond acceptors (Lipinski definition) is 3. The first kappa shape index (κ1) is 18.9. The van der Waals surface area contributed by atoms with Gasteiger partial charge in [-0.1, -0.05) is 17.7 Å². The molecule has 22 heavy (non-hydrogen) atoms. The number of nitrogens with zero attached hydrogens (tertiary/aromatic N) is 1. The summed E-state index contributed by atoms with van der Waals surface area (Å²) in [5.41, 5.74) is 4.46. The molecule has 0 aliphatic carbocycles. The zero-order valence-electron chi connectivity index (χ0n) is 14.0. The standard InChI is InChI=1S/C17H27N3O.ClH/c1-12-8-13(2)17(14(3)9-12)19-16(21)11-20-7-5-6-15(10-20)18-4;/h8-9,15,18H,5-7,10-11H2,1-4H3,(H,19,21);1H. The number of benzene rings is 1. The van der Waals surface area contributed by atoms with Gasteiger partial charge in [0.15, 0.2) is 0 Å². The third-order valence-corrected chi connectivity index (χ3v) is 4.22. The molecular formula is C17H28ClN3O. The predicted molar refractivity (Wildman–Crippen MR) is 95.1 cm³/mol. The summed E-state index contributed by atoms with van der Waals surface area (Å²) < 4.78 is 0. The van der Waals surface area contributed by atoms with E-state index >= 15 is 0 Å². The summed E-state index contributed by atoms with van der Waals surface area (Å²) in [7, 11) is 1.99. The fraction of sp³-hybridized carbons (Fsp3) is 0.588. The molecule has 2 N–H and O–H groups in total. The molecule has 2 rings (SSSR count). The van der Waals surface area contributed by atoms with Gasteiger partial charge in [-0.15, -0.1) is 12.4 Å². The van der Waals surface area contributed by atoms with Crippen LogP contribution in [0, 0.1) is 20.8 Å². The normalized spacial score (nSPS) is 18.6. The minimum atomic E-state index is 0. The van der Waals surface area contributed by atoms with E-state index in [-0.39, 0.29) is 18.3 Å². The number of piperidine rings is 1. The van der Waals surface area contributed by atoms with E-state index in [1.165, 1.54) is 12.0 Å². The molecule has 1 aliphatic rings. The van der Waals surface area contributed by atoms with Crippen molar-refractivity contribution >= 4 is 24.0 Å². The summed E-state index contributed by atoms with van der Waals surface area (Å²) in [5.74, 6) is 0.0850. The van der Waals surface area contributed by atoms with Crippen molar-refractivity contribution in [2.45, 2.75) is 39.7 Å². The van der Waals surface area contributed by atoms with Crippen molar-refractivity contribution in [3.63, 3.8) is 0 Å². The van der Waals surface area contributed by atoms with Crippen LogP contribution in [0.2, 0.25) is 0 Å². The fourth-order valence-corrected chi connectivity index (χ4v) is 3.19. The second-order valence-corrected chi connectivity index (χ2v) is 6.18. The van der Waals surface area contributed by atoms with Crippen molar-refractivity contribution in [1.29, 1.82) is 0 Å².